The highest BCUT2D eigenvalue weighted by atomic mass is 35.5. The summed E-state index contributed by atoms with van der Waals surface area (Å²) in [7, 11) is 0. The minimum absolute atomic E-state index is 0.170. The van der Waals surface area contributed by atoms with Gasteiger partial charge in [-0.3, -0.25) is 14.3 Å². The molecule has 0 aliphatic heterocycles. The van der Waals surface area contributed by atoms with Gasteiger partial charge in [0.1, 0.15) is 0 Å². The van der Waals surface area contributed by atoms with E-state index in [1.54, 1.807) is 30.6 Å². The molecule has 2 heterocycles. The van der Waals surface area contributed by atoms with E-state index >= 15 is 0 Å². The molecule has 156 valence electrons. The van der Waals surface area contributed by atoms with Crippen LogP contribution in [0, 0.1) is 0 Å². The van der Waals surface area contributed by atoms with Gasteiger partial charge in [-0.2, -0.15) is 0 Å². The first-order valence-corrected chi connectivity index (χ1v) is 11.1. The van der Waals surface area contributed by atoms with Gasteiger partial charge in [0.15, 0.2) is 11.0 Å². The molecule has 0 radical (unpaired) electrons. The Balaban J connectivity index is 1.52. The second-order valence-corrected chi connectivity index (χ2v) is 8.34. The summed E-state index contributed by atoms with van der Waals surface area (Å²) in [4.78, 5) is 16.5. The molecule has 0 spiro atoms. The van der Waals surface area contributed by atoms with Crippen LogP contribution in [0.15, 0.2) is 78.2 Å². The lowest BCUT2D eigenvalue weighted by Crippen LogP contribution is -2.14. The van der Waals surface area contributed by atoms with E-state index in [0.29, 0.717) is 27.4 Å². The molecular weight excluding hydrogens is 453 g/mol. The maximum atomic E-state index is 12.5. The summed E-state index contributed by atoms with van der Waals surface area (Å²) in [6.07, 6.45) is 3.43. The fraction of sp³-hybridized carbons (Fsp3) is 0.0909. The number of hydrogen-bond acceptors (Lipinski definition) is 5. The summed E-state index contributed by atoms with van der Waals surface area (Å²) in [5.41, 5.74) is 2.61. The number of benzene rings is 2. The Kier molecular flexibility index (Phi) is 6.86. The van der Waals surface area contributed by atoms with E-state index in [0.717, 1.165) is 17.0 Å². The Morgan fingerprint density at radius 3 is 2.48 bits per heavy atom. The lowest BCUT2D eigenvalue weighted by atomic mass is 10.2. The van der Waals surface area contributed by atoms with Crippen molar-refractivity contribution in [1.82, 2.24) is 19.7 Å². The summed E-state index contributed by atoms with van der Waals surface area (Å²) < 4.78 is 2.00. The highest BCUT2D eigenvalue weighted by molar-refractivity contribution is 7.99. The van der Waals surface area contributed by atoms with Crippen molar-refractivity contribution in [3.05, 3.63) is 88.7 Å². The van der Waals surface area contributed by atoms with Crippen molar-refractivity contribution in [3.63, 3.8) is 0 Å². The van der Waals surface area contributed by atoms with E-state index in [2.05, 4.69) is 20.5 Å². The molecule has 31 heavy (non-hydrogen) atoms. The lowest BCUT2D eigenvalue weighted by Gasteiger charge is -2.11. The van der Waals surface area contributed by atoms with E-state index in [1.807, 2.05) is 47.0 Å². The Labute approximate surface area is 193 Å². The largest absolute Gasteiger partial charge is 0.325 e. The standard InChI is InChI=1S/C22H17Cl2N5OS/c23-18-7-6-17(12-19(18)24)26-20(30)14-31-22-28-27-21(16-8-10-25-11-9-16)29(22)13-15-4-2-1-3-5-15/h1-12H,13-14H2,(H,26,30). The van der Waals surface area contributed by atoms with E-state index in [1.165, 1.54) is 11.8 Å². The Bertz CT molecular complexity index is 1190. The first kappa shape index (κ1) is 21.4. The molecule has 9 heteroatoms. The van der Waals surface area contributed by atoms with Crippen LogP contribution < -0.4 is 5.32 Å². The molecule has 2 aromatic carbocycles. The Hall–Kier alpha value is -2.87. The van der Waals surface area contributed by atoms with Gasteiger partial charge < -0.3 is 5.32 Å². The lowest BCUT2D eigenvalue weighted by molar-refractivity contribution is -0.113. The molecule has 1 N–H and O–H groups in total. The highest BCUT2D eigenvalue weighted by Gasteiger charge is 2.16. The zero-order valence-corrected chi connectivity index (χ0v) is 18.5. The summed E-state index contributed by atoms with van der Waals surface area (Å²) in [6.45, 7) is 0.586. The number of pyridine rings is 1. The molecule has 2 aromatic heterocycles. The van der Waals surface area contributed by atoms with Crippen LogP contribution in [0.2, 0.25) is 10.0 Å². The molecule has 4 rings (SSSR count). The monoisotopic (exact) mass is 469 g/mol. The first-order valence-electron chi connectivity index (χ1n) is 9.35. The van der Waals surface area contributed by atoms with E-state index in [9.17, 15) is 4.79 Å². The third kappa shape index (κ3) is 5.44. The number of nitrogens with one attached hydrogen (secondary N) is 1. The Morgan fingerprint density at radius 1 is 0.968 bits per heavy atom. The van der Waals surface area contributed by atoms with Crippen LogP contribution in [0.3, 0.4) is 0 Å². The van der Waals surface area contributed by atoms with Crippen molar-refractivity contribution in [2.45, 2.75) is 11.7 Å². The van der Waals surface area contributed by atoms with Crippen molar-refractivity contribution in [1.29, 1.82) is 0 Å². The van der Waals surface area contributed by atoms with Crippen LogP contribution in [0.5, 0.6) is 0 Å². The second-order valence-electron chi connectivity index (χ2n) is 6.58. The van der Waals surface area contributed by atoms with Crippen LogP contribution in [0.25, 0.3) is 11.4 Å². The number of halogens is 2. The predicted octanol–water partition coefficient (Wildman–Crippen LogP) is 5.43. The van der Waals surface area contributed by atoms with Gasteiger partial charge >= 0.3 is 0 Å². The van der Waals surface area contributed by atoms with E-state index in [4.69, 9.17) is 23.2 Å². The molecule has 0 aliphatic carbocycles. The first-order chi connectivity index (χ1) is 15.1. The zero-order valence-electron chi connectivity index (χ0n) is 16.2. The van der Waals surface area contributed by atoms with Gasteiger partial charge in [-0.15, -0.1) is 10.2 Å². The van der Waals surface area contributed by atoms with Crippen molar-refractivity contribution >= 4 is 46.6 Å². The molecule has 0 aliphatic rings. The Morgan fingerprint density at radius 2 is 1.74 bits per heavy atom. The maximum absolute atomic E-state index is 12.5. The number of thioether (sulfide) groups is 1. The van der Waals surface area contributed by atoms with E-state index in [-0.39, 0.29) is 11.7 Å². The normalized spacial score (nSPS) is 10.8. The van der Waals surface area contributed by atoms with Gasteiger partial charge in [0, 0.05) is 23.6 Å². The topological polar surface area (TPSA) is 72.7 Å². The number of rotatable bonds is 7. The average molecular weight is 470 g/mol. The summed E-state index contributed by atoms with van der Waals surface area (Å²) in [6, 6.07) is 18.8. The van der Waals surface area contributed by atoms with Crippen molar-refractivity contribution in [2.75, 3.05) is 11.1 Å². The molecule has 0 bridgehead atoms. The second kappa shape index (κ2) is 9.96. The number of anilines is 1. The number of carbonyl (C=O) groups excluding carboxylic acids is 1. The quantitative estimate of drug-likeness (QED) is 0.365. The van der Waals surface area contributed by atoms with Crippen molar-refractivity contribution in [3.8, 4) is 11.4 Å². The van der Waals surface area contributed by atoms with Crippen molar-refractivity contribution < 1.29 is 4.79 Å². The molecule has 0 saturated heterocycles. The molecule has 4 aromatic rings. The van der Waals surface area contributed by atoms with Crippen LogP contribution in [-0.4, -0.2) is 31.4 Å². The number of hydrogen-bond donors (Lipinski definition) is 1. The van der Waals surface area contributed by atoms with Crippen LogP contribution in [-0.2, 0) is 11.3 Å². The zero-order chi connectivity index (χ0) is 21.6. The van der Waals surface area contributed by atoms with Crippen LogP contribution >= 0.6 is 35.0 Å². The number of carbonyl (C=O) groups is 1. The molecule has 1 amide bonds. The van der Waals surface area contributed by atoms with Gasteiger partial charge in [0.25, 0.3) is 0 Å². The third-order valence-electron chi connectivity index (χ3n) is 4.37. The minimum Gasteiger partial charge on any atom is -0.325 e. The fourth-order valence-corrected chi connectivity index (χ4v) is 3.96. The highest BCUT2D eigenvalue weighted by Crippen LogP contribution is 2.27. The van der Waals surface area contributed by atoms with Gasteiger partial charge in [0.2, 0.25) is 5.91 Å². The predicted molar refractivity (Wildman–Crippen MR) is 125 cm³/mol. The third-order valence-corrected chi connectivity index (χ3v) is 6.08. The molecule has 6 nitrogen and oxygen atoms in total. The summed E-state index contributed by atoms with van der Waals surface area (Å²) >= 11 is 13.3. The smallest absolute Gasteiger partial charge is 0.234 e. The van der Waals surface area contributed by atoms with Gasteiger partial charge in [-0.25, -0.2) is 0 Å². The SMILES string of the molecule is O=C(CSc1nnc(-c2ccncc2)n1Cc1ccccc1)Nc1ccc(Cl)c(Cl)c1. The maximum Gasteiger partial charge on any atom is 0.234 e. The van der Waals surface area contributed by atoms with Gasteiger partial charge in [0.05, 0.1) is 22.3 Å². The average Bonchev–Trinajstić information content (AvgIpc) is 3.18. The number of nitrogens with zero attached hydrogens (tertiary/aromatic N) is 4. The number of aromatic nitrogens is 4. The molecular formula is C22H17Cl2N5OS. The summed E-state index contributed by atoms with van der Waals surface area (Å²) in [5.74, 6) is 0.713. The van der Waals surface area contributed by atoms with Crippen molar-refractivity contribution in [2.24, 2.45) is 0 Å². The van der Waals surface area contributed by atoms with Crippen LogP contribution in [0.4, 0.5) is 5.69 Å². The van der Waals surface area contributed by atoms with Crippen LogP contribution in [0.1, 0.15) is 5.56 Å². The molecule has 0 atom stereocenters. The van der Waals surface area contributed by atoms with E-state index < -0.39 is 0 Å². The molecule has 0 fully saturated rings. The van der Waals surface area contributed by atoms with Gasteiger partial charge in [-0.1, -0.05) is 65.3 Å². The number of amides is 1. The minimum atomic E-state index is -0.178. The fourth-order valence-electron chi connectivity index (χ4n) is 2.92. The molecule has 0 saturated carbocycles. The summed E-state index contributed by atoms with van der Waals surface area (Å²) in [5, 5.41) is 13.0. The van der Waals surface area contributed by atoms with Gasteiger partial charge in [-0.05, 0) is 35.9 Å². The molecule has 0 unspecified atom stereocenters.